The summed E-state index contributed by atoms with van der Waals surface area (Å²) < 4.78 is 33.5. The molecule has 0 aliphatic carbocycles. The van der Waals surface area contributed by atoms with E-state index in [4.69, 9.17) is 16.3 Å². The smallest absolute Gasteiger partial charge is 0.245 e. The number of aryl methyl sites for hydroxylation is 1. The Morgan fingerprint density at radius 3 is 2.79 bits per heavy atom. The number of sulfonamides is 1. The molecule has 0 aliphatic rings. The van der Waals surface area contributed by atoms with E-state index < -0.39 is 10.0 Å². The number of hydrogen-bond donors (Lipinski definition) is 0. The fourth-order valence-corrected chi connectivity index (χ4v) is 3.52. The second-order valence-corrected chi connectivity index (χ2v) is 7.85. The Labute approximate surface area is 148 Å². The predicted molar refractivity (Wildman–Crippen MR) is 93.9 cm³/mol. The van der Waals surface area contributed by atoms with E-state index in [1.165, 1.54) is 10.5 Å². The van der Waals surface area contributed by atoms with E-state index in [1.54, 1.807) is 30.1 Å². The molecule has 0 aliphatic heterocycles. The van der Waals surface area contributed by atoms with Gasteiger partial charge in [0, 0.05) is 26.3 Å². The molecule has 2 aromatic rings. The predicted octanol–water partition coefficient (Wildman–Crippen LogP) is 3.04. The van der Waals surface area contributed by atoms with Gasteiger partial charge in [0.2, 0.25) is 10.0 Å². The van der Waals surface area contributed by atoms with E-state index in [9.17, 15) is 8.42 Å². The maximum atomic E-state index is 12.5. The minimum Gasteiger partial charge on any atom is -0.492 e. The lowest BCUT2D eigenvalue weighted by Gasteiger charge is -2.16. The Morgan fingerprint density at radius 1 is 1.33 bits per heavy atom. The van der Waals surface area contributed by atoms with Gasteiger partial charge < -0.3 is 4.74 Å². The normalized spacial score (nSPS) is 11.8. The van der Waals surface area contributed by atoms with Gasteiger partial charge in [-0.1, -0.05) is 30.7 Å². The van der Waals surface area contributed by atoms with E-state index in [-0.39, 0.29) is 4.90 Å². The Balaban J connectivity index is 1.86. The van der Waals surface area contributed by atoms with Crippen LogP contribution in [0.1, 0.15) is 19.8 Å². The first-order valence-corrected chi connectivity index (χ1v) is 9.63. The molecule has 0 fully saturated rings. The highest BCUT2D eigenvalue weighted by atomic mass is 35.5. The average molecular weight is 372 g/mol. The van der Waals surface area contributed by atoms with Crippen molar-refractivity contribution in [1.82, 2.24) is 14.1 Å². The van der Waals surface area contributed by atoms with Crippen LogP contribution < -0.4 is 4.74 Å². The summed E-state index contributed by atoms with van der Waals surface area (Å²) in [7, 11) is -1.96. The van der Waals surface area contributed by atoms with Gasteiger partial charge in [0.1, 0.15) is 10.6 Å². The molecule has 0 atom stereocenters. The van der Waals surface area contributed by atoms with Crippen LogP contribution in [0.4, 0.5) is 0 Å². The highest BCUT2D eigenvalue weighted by molar-refractivity contribution is 7.89. The van der Waals surface area contributed by atoms with Crippen molar-refractivity contribution in [3.05, 3.63) is 41.7 Å². The monoisotopic (exact) mass is 371 g/mol. The summed E-state index contributed by atoms with van der Waals surface area (Å²) >= 11 is 6.01. The van der Waals surface area contributed by atoms with E-state index in [1.807, 2.05) is 19.1 Å². The maximum absolute atomic E-state index is 12.5. The number of ether oxygens (including phenoxy) is 1. The molecule has 24 heavy (non-hydrogen) atoms. The molecule has 0 amide bonds. The molecule has 0 unspecified atom stereocenters. The van der Waals surface area contributed by atoms with Crippen LogP contribution in [0, 0.1) is 0 Å². The van der Waals surface area contributed by atoms with Gasteiger partial charge in [0.25, 0.3) is 0 Å². The largest absolute Gasteiger partial charge is 0.492 e. The first-order chi connectivity index (χ1) is 11.4. The van der Waals surface area contributed by atoms with Crippen molar-refractivity contribution in [2.24, 2.45) is 0 Å². The first kappa shape index (κ1) is 18.8. The molecular formula is C16H22ClN3O3S. The number of benzene rings is 1. The Bertz CT molecular complexity index is 761. The van der Waals surface area contributed by atoms with Crippen molar-refractivity contribution < 1.29 is 13.2 Å². The number of rotatable bonds is 9. The second-order valence-electron chi connectivity index (χ2n) is 5.40. The summed E-state index contributed by atoms with van der Waals surface area (Å²) in [5.41, 5.74) is 0. The number of nitrogens with zero attached hydrogens (tertiary/aromatic N) is 3. The second kappa shape index (κ2) is 8.50. The van der Waals surface area contributed by atoms with Crippen LogP contribution in [-0.2, 0) is 16.6 Å². The van der Waals surface area contributed by atoms with Gasteiger partial charge in [0.15, 0.2) is 0 Å². The lowest BCUT2D eigenvalue weighted by atomic mass is 10.3. The van der Waals surface area contributed by atoms with Crippen molar-refractivity contribution in [3.63, 3.8) is 0 Å². The minimum absolute atomic E-state index is 0.213. The molecule has 2 rings (SSSR count). The molecule has 0 saturated heterocycles. The molecular weight excluding hydrogens is 350 g/mol. The van der Waals surface area contributed by atoms with Crippen molar-refractivity contribution >= 4 is 21.6 Å². The van der Waals surface area contributed by atoms with Crippen LogP contribution in [0.2, 0.25) is 5.02 Å². The molecule has 0 spiro atoms. The Morgan fingerprint density at radius 2 is 2.08 bits per heavy atom. The zero-order valence-corrected chi connectivity index (χ0v) is 15.4. The lowest BCUT2D eigenvalue weighted by Crippen LogP contribution is -2.28. The summed E-state index contributed by atoms with van der Waals surface area (Å²) in [5.74, 6) is 0.602. The quantitative estimate of drug-likeness (QED) is 0.635. The fraction of sp³-hybridized carbons (Fsp3) is 0.438. The van der Waals surface area contributed by atoms with Crippen LogP contribution in [0.3, 0.4) is 0 Å². The summed E-state index contributed by atoms with van der Waals surface area (Å²) in [6, 6.07) is 7.20. The zero-order valence-electron chi connectivity index (χ0n) is 13.9. The van der Waals surface area contributed by atoms with Gasteiger partial charge in [-0.3, -0.25) is 4.68 Å². The maximum Gasteiger partial charge on any atom is 0.245 e. The van der Waals surface area contributed by atoms with Gasteiger partial charge in [-0.15, -0.1) is 0 Å². The molecule has 0 saturated carbocycles. The minimum atomic E-state index is -3.52. The summed E-state index contributed by atoms with van der Waals surface area (Å²) in [6.07, 6.45) is 4.41. The molecule has 0 bridgehead atoms. The third kappa shape index (κ3) is 4.72. The number of aromatic nitrogens is 2. The highest BCUT2D eigenvalue weighted by Gasteiger charge is 2.22. The summed E-state index contributed by atoms with van der Waals surface area (Å²) in [4.78, 5) is 0.213. The Hall–Kier alpha value is -1.57. The molecule has 6 nitrogen and oxygen atoms in total. The topological polar surface area (TPSA) is 64.4 Å². The third-order valence-corrected chi connectivity index (χ3v) is 5.60. The van der Waals surface area contributed by atoms with Gasteiger partial charge in [-0.05, 0) is 25.0 Å². The van der Waals surface area contributed by atoms with Crippen molar-refractivity contribution in [2.45, 2.75) is 31.2 Å². The van der Waals surface area contributed by atoms with E-state index in [0.29, 0.717) is 36.9 Å². The summed E-state index contributed by atoms with van der Waals surface area (Å²) in [5, 5.41) is 4.62. The van der Waals surface area contributed by atoms with Gasteiger partial charge in [-0.2, -0.15) is 5.10 Å². The first-order valence-electron chi connectivity index (χ1n) is 7.81. The molecule has 0 radical (unpaired) electrons. The van der Waals surface area contributed by atoms with Gasteiger partial charge >= 0.3 is 0 Å². The summed E-state index contributed by atoms with van der Waals surface area (Å²) in [6.45, 7) is 3.45. The molecule has 1 heterocycles. The number of hydrogen-bond acceptors (Lipinski definition) is 4. The fourth-order valence-electron chi connectivity index (χ4n) is 2.16. The van der Waals surface area contributed by atoms with E-state index >= 15 is 0 Å². The van der Waals surface area contributed by atoms with E-state index in [0.717, 1.165) is 6.42 Å². The zero-order chi connectivity index (χ0) is 17.6. The Kier molecular flexibility index (Phi) is 6.65. The van der Waals surface area contributed by atoms with Crippen molar-refractivity contribution in [3.8, 4) is 5.75 Å². The number of para-hydroxylation sites is 1. The van der Waals surface area contributed by atoms with Crippen molar-refractivity contribution in [1.29, 1.82) is 0 Å². The molecule has 0 N–H and O–H groups in total. The van der Waals surface area contributed by atoms with Gasteiger partial charge in [-0.25, -0.2) is 12.7 Å². The molecule has 1 aromatic carbocycles. The highest BCUT2D eigenvalue weighted by Crippen LogP contribution is 2.23. The van der Waals surface area contributed by atoms with E-state index in [2.05, 4.69) is 5.10 Å². The van der Waals surface area contributed by atoms with Crippen molar-refractivity contribution in [2.75, 3.05) is 20.2 Å². The average Bonchev–Trinajstić information content (AvgIpc) is 3.02. The van der Waals surface area contributed by atoms with Crippen LogP contribution in [-0.4, -0.2) is 42.7 Å². The standard InChI is InChI=1S/C16H22ClN3O3S/c1-3-9-20-13-14(12-18-20)24(21,22)19(2)10-6-11-23-16-8-5-4-7-15(16)17/h4-5,7-8,12-13H,3,6,9-11H2,1-2H3. The SMILES string of the molecule is CCCn1cc(S(=O)(=O)N(C)CCCOc2ccccc2Cl)cn1. The van der Waals surface area contributed by atoms with Crippen LogP contribution >= 0.6 is 11.6 Å². The molecule has 8 heteroatoms. The van der Waals surface area contributed by atoms with Crippen LogP contribution in [0.25, 0.3) is 0 Å². The number of halogens is 1. The third-order valence-electron chi connectivity index (χ3n) is 3.48. The van der Waals surface area contributed by atoms with Gasteiger partial charge in [0.05, 0.1) is 17.8 Å². The lowest BCUT2D eigenvalue weighted by molar-refractivity contribution is 0.296. The molecule has 132 valence electrons. The van der Waals surface area contributed by atoms with Crippen LogP contribution in [0.15, 0.2) is 41.6 Å². The molecule has 1 aromatic heterocycles. The van der Waals surface area contributed by atoms with Crippen LogP contribution in [0.5, 0.6) is 5.75 Å².